The maximum absolute atomic E-state index is 12.5. The third kappa shape index (κ3) is 2.13. The van der Waals surface area contributed by atoms with Gasteiger partial charge in [-0.15, -0.1) is 11.6 Å². The van der Waals surface area contributed by atoms with Gasteiger partial charge >= 0.3 is 0 Å². The molecule has 1 rings (SSSR count). The second-order valence-corrected chi connectivity index (χ2v) is 3.20. The van der Waals surface area contributed by atoms with Crippen LogP contribution in [0.5, 0.6) is 0 Å². The molecule has 1 heterocycles. The first-order valence-corrected chi connectivity index (χ1v) is 4.64. The molecular weight excluding hydrogens is 235 g/mol. The van der Waals surface area contributed by atoms with Gasteiger partial charge in [-0.05, 0) is 0 Å². The highest BCUT2D eigenvalue weighted by Gasteiger charge is 2.20. The summed E-state index contributed by atoms with van der Waals surface area (Å²) in [5.41, 5.74) is -0.216. The molecule has 0 atom stereocenters. The number of nitrogens with zero attached hydrogens (tertiary/aromatic N) is 1. The molecule has 0 saturated carbocycles. The van der Waals surface area contributed by atoms with Crippen molar-refractivity contribution < 1.29 is 13.9 Å². The van der Waals surface area contributed by atoms with Gasteiger partial charge in [0.15, 0.2) is 0 Å². The van der Waals surface area contributed by atoms with E-state index in [0.29, 0.717) is 5.56 Å². The van der Waals surface area contributed by atoms with Crippen LogP contribution >= 0.6 is 23.2 Å². The number of hydrogen-bond donors (Lipinski definition) is 1. The molecule has 6 heteroatoms. The predicted molar refractivity (Wildman–Crippen MR) is 49.7 cm³/mol. The third-order valence-corrected chi connectivity index (χ3v) is 2.45. The first kappa shape index (κ1) is 11.6. The molecule has 14 heavy (non-hydrogen) atoms. The fraction of sp³-hybridized carbons (Fsp3) is 0.375. The topological polar surface area (TPSA) is 33.1 Å². The van der Waals surface area contributed by atoms with Crippen molar-refractivity contribution in [3.63, 3.8) is 0 Å². The number of aromatic nitrogens is 1. The summed E-state index contributed by atoms with van der Waals surface area (Å²) in [6.45, 7) is -0.568. The lowest BCUT2D eigenvalue weighted by Crippen LogP contribution is -2.01. The van der Waals surface area contributed by atoms with Gasteiger partial charge in [-0.1, -0.05) is 11.6 Å². The third-order valence-electron chi connectivity index (χ3n) is 1.72. The van der Waals surface area contributed by atoms with E-state index in [1.54, 1.807) is 0 Å². The van der Waals surface area contributed by atoms with E-state index in [0.717, 1.165) is 0 Å². The Bertz CT molecular complexity index is 333. The van der Waals surface area contributed by atoms with Crippen molar-refractivity contribution in [3.8, 4) is 0 Å². The van der Waals surface area contributed by atoms with Gasteiger partial charge in [0.1, 0.15) is 0 Å². The lowest BCUT2D eigenvalue weighted by Gasteiger charge is -2.10. The summed E-state index contributed by atoms with van der Waals surface area (Å²) in [7, 11) is 0. The average molecular weight is 242 g/mol. The van der Waals surface area contributed by atoms with E-state index >= 15 is 0 Å². The molecule has 0 aliphatic rings. The van der Waals surface area contributed by atoms with Crippen molar-refractivity contribution in [1.29, 1.82) is 0 Å². The summed E-state index contributed by atoms with van der Waals surface area (Å²) >= 11 is 11.1. The molecule has 2 nitrogen and oxygen atoms in total. The lowest BCUT2D eigenvalue weighted by molar-refractivity contribution is 0.146. The maximum Gasteiger partial charge on any atom is 0.267 e. The number of rotatable bonds is 3. The van der Waals surface area contributed by atoms with Crippen molar-refractivity contribution in [1.82, 2.24) is 4.98 Å². The largest absolute Gasteiger partial charge is 0.390 e. The Morgan fingerprint density at radius 2 is 2.14 bits per heavy atom. The van der Waals surface area contributed by atoms with Crippen molar-refractivity contribution >= 4 is 23.2 Å². The normalized spacial score (nSPS) is 11.0. The number of halogens is 4. The minimum absolute atomic E-state index is 0.0112. The van der Waals surface area contributed by atoms with Crippen LogP contribution in [0.1, 0.15) is 23.2 Å². The molecular formula is C8H7Cl2F2NO. The SMILES string of the molecule is OCc1ncc(CCl)c(Cl)c1C(F)F. The van der Waals surface area contributed by atoms with Crippen LogP contribution in [0.3, 0.4) is 0 Å². The fourth-order valence-electron chi connectivity index (χ4n) is 1.02. The van der Waals surface area contributed by atoms with Crippen LogP contribution in [0, 0.1) is 0 Å². The van der Waals surface area contributed by atoms with Crippen LogP contribution in [0.25, 0.3) is 0 Å². The van der Waals surface area contributed by atoms with E-state index in [1.165, 1.54) is 6.20 Å². The molecule has 0 amide bonds. The van der Waals surface area contributed by atoms with Gasteiger partial charge in [0.25, 0.3) is 6.43 Å². The Labute approximate surface area is 89.5 Å². The second kappa shape index (κ2) is 4.87. The van der Waals surface area contributed by atoms with Crippen LogP contribution in [-0.4, -0.2) is 10.1 Å². The highest BCUT2D eigenvalue weighted by atomic mass is 35.5. The van der Waals surface area contributed by atoms with Gasteiger partial charge in [-0.3, -0.25) is 4.98 Å². The zero-order valence-electron chi connectivity index (χ0n) is 6.98. The zero-order chi connectivity index (χ0) is 10.7. The van der Waals surface area contributed by atoms with Gasteiger partial charge in [0.2, 0.25) is 0 Å². The zero-order valence-corrected chi connectivity index (χ0v) is 8.49. The van der Waals surface area contributed by atoms with Crippen LogP contribution in [0.4, 0.5) is 8.78 Å². The van der Waals surface area contributed by atoms with Crippen molar-refractivity contribution in [3.05, 3.63) is 28.0 Å². The molecule has 1 N–H and O–H groups in total. The number of pyridine rings is 1. The van der Waals surface area contributed by atoms with Crippen LogP contribution in [0.15, 0.2) is 6.20 Å². The van der Waals surface area contributed by atoms with E-state index in [1.807, 2.05) is 0 Å². The van der Waals surface area contributed by atoms with Crippen LogP contribution in [-0.2, 0) is 12.5 Å². The summed E-state index contributed by atoms with van der Waals surface area (Å²) in [6, 6.07) is 0. The number of aliphatic hydroxyl groups is 1. The van der Waals surface area contributed by atoms with Crippen molar-refractivity contribution in [2.24, 2.45) is 0 Å². The minimum atomic E-state index is -2.76. The quantitative estimate of drug-likeness (QED) is 0.826. The highest BCUT2D eigenvalue weighted by molar-refractivity contribution is 6.33. The van der Waals surface area contributed by atoms with Crippen molar-refractivity contribution in [2.75, 3.05) is 0 Å². The van der Waals surface area contributed by atoms with Gasteiger partial charge in [-0.25, -0.2) is 8.78 Å². The molecule has 0 fully saturated rings. The minimum Gasteiger partial charge on any atom is -0.390 e. The standard InChI is InChI=1S/C8H7Cl2F2NO/c9-1-4-2-13-5(3-14)6(7(4)10)8(11)12/h2,8,14H,1,3H2. The summed E-state index contributed by atoms with van der Waals surface area (Å²) < 4.78 is 25.0. The summed E-state index contributed by atoms with van der Waals surface area (Å²) in [6.07, 6.45) is -1.48. The van der Waals surface area contributed by atoms with Gasteiger partial charge < -0.3 is 5.11 Å². The summed E-state index contributed by atoms with van der Waals surface area (Å²) in [5, 5.41) is 8.65. The summed E-state index contributed by atoms with van der Waals surface area (Å²) in [4.78, 5) is 3.65. The molecule has 1 aromatic heterocycles. The van der Waals surface area contributed by atoms with Crippen LogP contribution < -0.4 is 0 Å². The van der Waals surface area contributed by atoms with Crippen LogP contribution in [0.2, 0.25) is 5.02 Å². The van der Waals surface area contributed by atoms with Gasteiger partial charge in [0, 0.05) is 11.8 Å². The lowest BCUT2D eigenvalue weighted by atomic mass is 10.1. The molecule has 0 bridgehead atoms. The average Bonchev–Trinajstić information content (AvgIpc) is 2.16. The van der Waals surface area contributed by atoms with E-state index in [9.17, 15) is 8.78 Å². The molecule has 0 radical (unpaired) electrons. The molecule has 0 aromatic carbocycles. The smallest absolute Gasteiger partial charge is 0.267 e. The number of hydrogen-bond acceptors (Lipinski definition) is 2. The molecule has 0 aliphatic heterocycles. The van der Waals surface area contributed by atoms with E-state index < -0.39 is 18.6 Å². The number of alkyl halides is 3. The molecule has 0 spiro atoms. The number of aliphatic hydroxyl groups excluding tert-OH is 1. The monoisotopic (exact) mass is 241 g/mol. The Hall–Kier alpha value is -0.450. The van der Waals surface area contributed by atoms with E-state index in [-0.39, 0.29) is 16.6 Å². The second-order valence-electron chi connectivity index (χ2n) is 2.55. The molecule has 78 valence electrons. The Morgan fingerprint density at radius 1 is 1.50 bits per heavy atom. The molecule has 0 unspecified atom stereocenters. The Morgan fingerprint density at radius 3 is 2.57 bits per heavy atom. The molecule has 0 aliphatic carbocycles. The Kier molecular flexibility index (Phi) is 4.04. The van der Waals surface area contributed by atoms with E-state index in [4.69, 9.17) is 28.3 Å². The first-order chi connectivity index (χ1) is 6.61. The predicted octanol–water partition coefficient (Wildman–Crippen LogP) is 2.90. The van der Waals surface area contributed by atoms with Gasteiger partial charge in [0.05, 0.1) is 28.8 Å². The van der Waals surface area contributed by atoms with Crippen molar-refractivity contribution in [2.45, 2.75) is 18.9 Å². The maximum atomic E-state index is 12.5. The Balaban J connectivity index is 3.31. The molecule has 0 saturated heterocycles. The van der Waals surface area contributed by atoms with E-state index in [2.05, 4.69) is 4.98 Å². The fourth-order valence-corrected chi connectivity index (χ4v) is 1.60. The first-order valence-electron chi connectivity index (χ1n) is 3.73. The van der Waals surface area contributed by atoms with Gasteiger partial charge in [-0.2, -0.15) is 0 Å². The molecule has 1 aromatic rings. The highest BCUT2D eigenvalue weighted by Crippen LogP contribution is 2.32. The summed E-state index contributed by atoms with van der Waals surface area (Å²) in [5.74, 6) is 0.0112.